The fraction of sp³-hybridized carbons (Fsp3) is 0.778. The van der Waals surface area contributed by atoms with Gasteiger partial charge in [-0.2, -0.15) is 0 Å². The van der Waals surface area contributed by atoms with Crippen LogP contribution in [0.3, 0.4) is 0 Å². The molecular weight excluding hydrogens is 184 g/mol. The van der Waals surface area contributed by atoms with E-state index >= 15 is 0 Å². The van der Waals surface area contributed by atoms with E-state index in [4.69, 9.17) is 11.5 Å². The average Bonchev–Trinajstić information content (AvgIpc) is 2.15. The van der Waals surface area contributed by atoms with Gasteiger partial charge in [-0.1, -0.05) is 12.8 Å². The van der Waals surface area contributed by atoms with E-state index in [0.717, 1.165) is 19.3 Å². The highest BCUT2D eigenvalue weighted by molar-refractivity contribution is 5.75. The lowest BCUT2D eigenvalue weighted by Gasteiger charge is -2.07. The lowest BCUT2D eigenvalue weighted by molar-refractivity contribution is -0.142. The third kappa shape index (κ3) is 6.42. The fourth-order valence-electron chi connectivity index (χ4n) is 1.11. The number of carbonyl (C=O) groups is 2. The Labute approximate surface area is 83.8 Å². The molecular formula is C9H18N2O3. The van der Waals surface area contributed by atoms with Crippen molar-refractivity contribution in [3.05, 3.63) is 0 Å². The lowest BCUT2D eigenvalue weighted by Crippen LogP contribution is -2.31. The van der Waals surface area contributed by atoms with Gasteiger partial charge in [0.1, 0.15) is 6.04 Å². The van der Waals surface area contributed by atoms with E-state index in [2.05, 4.69) is 4.74 Å². The minimum Gasteiger partial charge on any atom is -0.468 e. The molecule has 1 atom stereocenters. The molecule has 5 nitrogen and oxygen atoms in total. The molecule has 0 aliphatic carbocycles. The van der Waals surface area contributed by atoms with Crippen molar-refractivity contribution in [1.29, 1.82) is 0 Å². The molecule has 0 fully saturated rings. The number of nitrogens with two attached hydrogens (primary N) is 2. The van der Waals surface area contributed by atoms with Crippen LogP contribution in [0.4, 0.5) is 0 Å². The highest BCUT2D eigenvalue weighted by Crippen LogP contribution is 2.05. The van der Waals surface area contributed by atoms with Crippen LogP contribution < -0.4 is 11.5 Å². The lowest BCUT2D eigenvalue weighted by atomic mass is 10.1. The molecule has 0 saturated heterocycles. The van der Waals surface area contributed by atoms with Crippen molar-refractivity contribution < 1.29 is 14.3 Å². The Morgan fingerprint density at radius 2 is 1.93 bits per heavy atom. The van der Waals surface area contributed by atoms with Gasteiger partial charge in [-0.15, -0.1) is 0 Å². The fourth-order valence-corrected chi connectivity index (χ4v) is 1.11. The number of primary amides is 1. The summed E-state index contributed by atoms with van der Waals surface area (Å²) in [5.74, 6) is -0.679. The molecule has 82 valence electrons. The third-order valence-corrected chi connectivity index (χ3v) is 1.94. The monoisotopic (exact) mass is 202 g/mol. The number of ether oxygens (including phenoxy) is 1. The summed E-state index contributed by atoms with van der Waals surface area (Å²) in [4.78, 5) is 21.2. The molecule has 0 aromatic rings. The summed E-state index contributed by atoms with van der Waals surface area (Å²) in [5.41, 5.74) is 10.5. The molecule has 0 aromatic heterocycles. The van der Waals surface area contributed by atoms with Gasteiger partial charge in [0.2, 0.25) is 5.91 Å². The third-order valence-electron chi connectivity index (χ3n) is 1.94. The zero-order chi connectivity index (χ0) is 11.0. The van der Waals surface area contributed by atoms with E-state index < -0.39 is 6.04 Å². The molecule has 0 aliphatic heterocycles. The molecule has 0 rings (SSSR count). The van der Waals surface area contributed by atoms with Crippen molar-refractivity contribution in [3.63, 3.8) is 0 Å². The average molecular weight is 202 g/mol. The summed E-state index contributed by atoms with van der Waals surface area (Å²) in [6.45, 7) is 0. The van der Waals surface area contributed by atoms with Gasteiger partial charge in [0.25, 0.3) is 0 Å². The zero-order valence-electron chi connectivity index (χ0n) is 8.49. The van der Waals surface area contributed by atoms with Crippen LogP contribution in [0.5, 0.6) is 0 Å². The number of methoxy groups -OCH3 is 1. The minimum atomic E-state index is -0.548. The van der Waals surface area contributed by atoms with E-state index in [1.165, 1.54) is 7.11 Å². The van der Waals surface area contributed by atoms with Crippen LogP contribution in [0.2, 0.25) is 0 Å². The SMILES string of the molecule is COC(=O)C(N)CCCCCC(N)=O. The number of carbonyl (C=O) groups excluding carboxylic acids is 2. The van der Waals surface area contributed by atoms with Crippen molar-refractivity contribution in [1.82, 2.24) is 0 Å². The van der Waals surface area contributed by atoms with Gasteiger partial charge in [0.05, 0.1) is 7.11 Å². The second-order valence-corrected chi connectivity index (χ2v) is 3.20. The first-order valence-corrected chi connectivity index (χ1v) is 4.69. The molecule has 0 spiro atoms. The van der Waals surface area contributed by atoms with Crippen molar-refractivity contribution in [3.8, 4) is 0 Å². The minimum absolute atomic E-state index is 0.290. The maximum Gasteiger partial charge on any atom is 0.322 e. The van der Waals surface area contributed by atoms with E-state index in [1.807, 2.05) is 0 Å². The molecule has 14 heavy (non-hydrogen) atoms. The highest BCUT2D eigenvalue weighted by Gasteiger charge is 2.12. The molecule has 5 heteroatoms. The Kier molecular flexibility index (Phi) is 6.74. The maximum atomic E-state index is 10.9. The molecule has 0 saturated carbocycles. The second kappa shape index (κ2) is 7.32. The van der Waals surface area contributed by atoms with E-state index in [0.29, 0.717) is 12.8 Å². The highest BCUT2D eigenvalue weighted by atomic mass is 16.5. The smallest absolute Gasteiger partial charge is 0.322 e. The number of amides is 1. The quantitative estimate of drug-likeness (QED) is 0.446. The number of rotatable bonds is 7. The second-order valence-electron chi connectivity index (χ2n) is 3.20. The van der Waals surface area contributed by atoms with Gasteiger partial charge in [0, 0.05) is 6.42 Å². The van der Waals surface area contributed by atoms with Crippen molar-refractivity contribution in [2.75, 3.05) is 7.11 Å². The van der Waals surface area contributed by atoms with Crippen molar-refractivity contribution in [2.24, 2.45) is 11.5 Å². The summed E-state index contributed by atoms with van der Waals surface area (Å²) < 4.78 is 4.47. The molecule has 4 N–H and O–H groups in total. The standard InChI is InChI=1S/C9H18N2O3/c1-14-9(13)7(10)5-3-2-4-6-8(11)12/h7H,2-6,10H2,1H3,(H2,11,12). The predicted octanol–water partition coefficient (Wildman–Crippen LogP) is -0.0775. The van der Waals surface area contributed by atoms with Crippen molar-refractivity contribution >= 4 is 11.9 Å². The molecule has 1 amide bonds. The summed E-state index contributed by atoms with van der Waals surface area (Å²) in [5, 5.41) is 0. The van der Waals surface area contributed by atoms with Crippen LogP contribution in [-0.4, -0.2) is 25.0 Å². The van der Waals surface area contributed by atoms with E-state index in [9.17, 15) is 9.59 Å². The zero-order valence-corrected chi connectivity index (χ0v) is 8.49. The Bertz CT molecular complexity index is 194. The van der Waals surface area contributed by atoms with Gasteiger partial charge < -0.3 is 16.2 Å². The molecule has 1 unspecified atom stereocenters. The van der Waals surface area contributed by atoms with Gasteiger partial charge in [-0.05, 0) is 12.8 Å². The Balaban J connectivity index is 3.36. The summed E-state index contributed by atoms with van der Waals surface area (Å²) in [6, 6.07) is -0.548. The van der Waals surface area contributed by atoms with E-state index in [-0.39, 0.29) is 11.9 Å². The number of hydrogen-bond donors (Lipinski definition) is 2. The maximum absolute atomic E-state index is 10.9. The predicted molar refractivity (Wildman–Crippen MR) is 52.3 cm³/mol. The molecule has 0 aromatic carbocycles. The molecule has 0 radical (unpaired) electrons. The first-order chi connectivity index (χ1) is 6.57. The summed E-state index contributed by atoms with van der Waals surface area (Å²) in [7, 11) is 1.31. The van der Waals surface area contributed by atoms with Crippen LogP contribution in [0.1, 0.15) is 32.1 Å². The van der Waals surface area contributed by atoms with Gasteiger partial charge in [0.15, 0.2) is 0 Å². The summed E-state index contributed by atoms with van der Waals surface area (Å²) >= 11 is 0. The first-order valence-electron chi connectivity index (χ1n) is 4.69. The van der Waals surface area contributed by atoms with Crippen LogP contribution in [0.25, 0.3) is 0 Å². The Hall–Kier alpha value is -1.10. The topological polar surface area (TPSA) is 95.4 Å². The van der Waals surface area contributed by atoms with E-state index in [1.54, 1.807) is 0 Å². The molecule has 0 heterocycles. The van der Waals surface area contributed by atoms with Gasteiger partial charge in [-0.3, -0.25) is 9.59 Å². The van der Waals surface area contributed by atoms with Crippen LogP contribution in [0.15, 0.2) is 0 Å². The first kappa shape index (κ1) is 12.9. The number of unbranched alkanes of at least 4 members (excludes halogenated alkanes) is 2. The largest absolute Gasteiger partial charge is 0.468 e. The van der Waals surface area contributed by atoms with Crippen LogP contribution in [0, 0.1) is 0 Å². The summed E-state index contributed by atoms with van der Waals surface area (Å²) in [6.07, 6.45) is 3.40. The number of esters is 1. The van der Waals surface area contributed by atoms with Crippen LogP contribution in [-0.2, 0) is 14.3 Å². The Morgan fingerprint density at radius 1 is 1.29 bits per heavy atom. The van der Waals surface area contributed by atoms with Gasteiger partial charge >= 0.3 is 5.97 Å². The van der Waals surface area contributed by atoms with Crippen molar-refractivity contribution in [2.45, 2.75) is 38.1 Å². The molecule has 0 bridgehead atoms. The number of hydrogen-bond acceptors (Lipinski definition) is 4. The normalized spacial score (nSPS) is 12.1. The van der Waals surface area contributed by atoms with Crippen LogP contribution >= 0.6 is 0 Å². The molecule has 0 aliphatic rings. The Morgan fingerprint density at radius 3 is 2.43 bits per heavy atom. The van der Waals surface area contributed by atoms with Gasteiger partial charge in [-0.25, -0.2) is 0 Å².